The molecule has 220 valence electrons. The van der Waals surface area contributed by atoms with Crippen LogP contribution in [0, 0.1) is 11.6 Å². The van der Waals surface area contributed by atoms with Gasteiger partial charge in [-0.05, 0) is 32.1 Å². The molecule has 3 atom stereocenters. The number of rotatable bonds is 9. The summed E-state index contributed by atoms with van der Waals surface area (Å²) in [6, 6.07) is 0.462. The summed E-state index contributed by atoms with van der Waals surface area (Å²) in [5.41, 5.74) is -0.810. The molecular weight excluding hydrogens is 544 g/mol. The Labute approximate surface area is 234 Å². The van der Waals surface area contributed by atoms with E-state index in [-0.39, 0.29) is 79.3 Å². The predicted molar refractivity (Wildman–Crippen MR) is 142 cm³/mol. The molecular formula is C26H31F2N7O6. The van der Waals surface area contributed by atoms with Crippen LogP contribution >= 0.6 is 0 Å². The molecule has 0 radical (unpaired) electrons. The van der Waals surface area contributed by atoms with Crippen LogP contribution in [0.2, 0.25) is 0 Å². The minimum atomic E-state index is -0.950. The summed E-state index contributed by atoms with van der Waals surface area (Å²) in [6.45, 7) is 2.10. The number of carbonyl (C=O) groups is 3. The molecule has 1 fully saturated rings. The summed E-state index contributed by atoms with van der Waals surface area (Å²) < 4.78 is 46.9. The van der Waals surface area contributed by atoms with Crippen molar-refractivity contribution in [1.82, 2.24) is 20.2 Å². The number of cyclic esters (lactones) is 1. The summed E-state index contributed by atoms with van der Waals surface area (Å²) >= 11 is 0. The number of methoxy groups -OCH3 is 1. The number of halogens is 2. The van der Waals surface area contributed by atoms with Crippen LogP contribution in [0.3, 0.4) is 0 Å². The second-order valence-electron chi connectivity index (χ2n) is 10.5. The quantitative estimate of drug-likeness (QED) is 0.397. The van der Waals surface area contributed by atoms with Crippen molar-refractivity contribution in [3.8, 4) is 5.88 Å². The zero-order valence-corrected chi connectivity index (χ0v) is 23.0. The van der Waals surface area contributed by atoms with E-state index >= 15 is 8.78 Å². The van der Waals surface area contributed by atoms with Crippen molar-refractivity contribution in [3.05, 3.63) is 35.0 Å². The van der Waals surface area contributed by atoms with Gasteiger partial charge in [0.05, 0.1) is 30.1 Å². The first-order valence-electron chi connectivity index (χ1n) is 13.0. The van der Waals surface area contributed by atoms with Gasteiger partial charge in [0.1, 0.15) is 17.7 Å². The molecule has 0 bridgehead atoms. The Morgan fingerprint density at radius 2 is 2.07 bits per heavy atom. The fourth-order valence-corrected chi connectivity index (χ4v) is 4.97. The lowest BCUT2D eigenvalue weighted by atomic mass is 10.00. The van der Waals surface area contributed by atoms with Crippen molar-refractivity contribution in [2.45, 2.75) is 37.5 Å². The first-order chi connectivity index (χ1) is 19.5. The number of likely N-dealkylation sites (N-methyl/N-ethyl adjacent to an activating group) is 1. The normalized spacial score (nSPS) is 22.1. The lowest BCUT2D eigenvalue weighted by Crippen LogP contribution is -2.45. The van der Waals surface area contributed by atoms with Gasteiger partial charge in [0.25, 0.3) is 11.8 Å². The largest absolute Gasteiger partial charge is 0.465 e. The van der Waals surface area contributed by atoms with Gasteiger partial charge in [-0.25, -0.2) is 23.5 Å². The molecule has 3 N–H and O–H groups in total. The number of aromatic nitrogens is 2. The SMILES string of the molecule is COC1(CNCC2CN(c3cnc4c(n3)NC(=O)CO4)C(=O)O2)Cc2c(F)cc(NC(=O)[C@@H](C)N(C)C)c(F)c2C1. The number of nitrogens with one attached hydrogen (secondary N) is 3. The van der Waals surface area contributed by atoms with Crippen LogP contribution in [-0.2, 0) is 31.9 Å². The number of anilines is 3. The van der Waals surface area contributed by atoms with Crippen molar-refractivity contribution in [2.75, 3.05) is 63.0 Å². The average Bonchev–Trinajstić information content (AvgIpc) is 3.52. The van der Waals surface area contributed by atoms with Crippen LogP contribution in [0.1, 0.15) is 18.1 Å². The second kappa shape index (κ2) is 11.1. The van der Waals surface area contributed by atoms with Crippen molar-refractivity contribution in [1.29, 1.82) is 0 Å². The Morgan fingerprint density at radius 1 is 1.32 bits per heavy atom. The van der Waals surface area contributed by atoms with Crippen LogP contribution in [0.5, 0.6) is 5.88 Å². The number of ether oxygens (including phenoxy) is 3. The Hall–Kier alpha value is -3.95. The fourth-order valence-electron chi connectivity index (χ4n) is 4.97. The van der Waals surface area contributed by atoms with Gasteiger partial charge in [-0.15, -0.1) is 0 Å². The summed E-state index contributed by atoms with van der Waals surface area (Å²) in [5.74, 6) is -1.68. The highest BCUT2D eigenvalue weighted by molar-refractivity contribution is 5.95. The maximum Gasteiger partial charge on any atom is 0.416 e. The van der Waals surface area contributed by atoms with E-state index in [4.69, 9.17) is 14.2 Å². The highest BCUT2D eigenvalue weighted by Crippen LogP contribution is 2.38. The van der Waals surface area contributed by atoms with Crippen molar-refractivity contribution in [3.63, 3.8) is 0 Å². The van der Waals surface area contributed by atoms with Gasteiger partial charge in [0.2, 0.25) is 5.91 Å². The first kappa shape index (κ1) is 28.6. The second-order valence-corrected chi connectivity index (χ2v) is 10.5. The van der Waals surface area contributed by atoms with E-state index in [1.54, 1.807) is 25.9 Å². The first-order valence-corrected chi connectivity index (χ1v) is 13.0. The molecule has 1 aromatic heterocycles. The minimum absolute atomic E-state index is 0.0800. The zero-order chi connectivity index (χ0) is 29.5. The number of nitrogens with zero attached hydrogens (tertiary/aromatic N) is 4. The van der Waals surface area contributed by atoms with Crippen LogP contribution in [0.4, 0.5) is 30.9 Å². The summed E-state index contributed by atoms with van der Waals surface area (Å²) in [4.78, 5) is 47.8. The van der Waals surface area contributed by atoms with Gasteiger partial charge in [0, 0.05) is 39.1 Å². The number of hydrogen-bond donors (Lipinski definition) is 3. The molecule has 3 aliphatic rings. The smallest absolute Gasteiger partial charge is 0.416 e. The molecule has 15 heteroatoms. The number of hydrogen-bond acceptors (Lipinski definition) is 10. The van der Waals surface area contributed by atoms with Crippen LogP contribution in [0.15, 0.2) is 12.3 Å². The maximum atomic E-state index is 15.4. The van der Waals surface area contributed by atoms with E-state index < -0.39 is 41.4 Å². The molecule has 41 heavy (non-hydrogen) atoms. The number of fused-ring (bicyclic) bond motifs is 2. The van der Waals surface area contributed by atoms with Crippen molar-refractivity contribution in [2.24, 2.45) is 0 Å². The summed E-state index contributed by atoms with van der Waals surface area (Å²) in [7, 11) is 4.90. The van der Waals surface area contributed by atoms with Crippen LogP contribution in [-0.4, -0.2) is 98.0 Å². The monoisotopic (exact) mass is 575 g/mol. The summed E-state index contributed by atoms with van der Waals surface area (Å²) in [6.07, 6.45) is 0.357. The minimum Gasteiger partial charge on any atom is -0.465 e. The van der Waals surface area contributed by atoms with E-state index in [0.29, 0.717) is 0 Å². The molecule has 0 spiro atoms. The molecule has 1 aliphatic carbocycles. The fraction of sp³-hybridized carbons (Fsp3) is 0.500. The third-order valence-corrected chi connectivity index (χ3v) is 7.56. The lowest BCUT2D eigenvalue weighted by Gasteiger charge is -2.28. The standard InChI is InChI=1S/C26H31F2N7O6/c1-13(34(2)3)23(37)31-18-5-17(27)15-6-26(39-4,7-16(15)21(18)28)12-29-8-14-10-35(25(38)41-14)19-9-30-24-22(32-19)33-20(36)11-40-24/h5,9,13-14,29H,6-8,10-12H2,1-4H3,(H,31,37)(H,32,33,36)/t13-,14?,26?/m1/s1. The average molecular weight is 576 g/mol. The van der Waals surface area contributed by atoms with E-state index in [9.17, 15) is 14.4 Å². The number of amides is 3. The van der Waals surface area contributed by atoms with E-state index in [0.717, 1.165) is 6.07 Å². The van der Waals surface area contributed by atoms with Crippen molar-refractivity contribution >= 4 is 35.2 Å². The molecule has 0 saturated carbocycles. The molecule has 3 amide bonds. The topological polar surface area (TPSA) is 147 Å². The van der Waals surface area contributed by atoms with Gasteiger partial charge in [-0.2, -0.15) is 0 Å². The lowest BCUT2D eigenvalue weighted by molar-refractivity contribution is -0.120. The van der Waals surface area contributed by atoms with Crippen LogP contribution < -0.4 is 25.6 Å². The third-order valence-electron chi connectivity index (χ3n) is 7.56. The number of carbonyl (C=O) groups excluding carboxylic acids is 3. The molecule has 3 heterocycles. The molecule has 2 aliphatic heterocycles. The van der Waals surface area contributed by atoms with Crippen LogP contribution in [0.25, 0.3) is 0 Å². The van der Waals surface area contributed by atoms with Gasteiger partial charge in [0.15, 0.2) is 18.2 Å². The van der Waals surface area contributed by atoms with E-state index in [1.807, 2.05) is 0 Å². The molecule has 13 nitrogen and oxygen atoms in total. The molecule has 1 aromatic carbocycles. The highest BCUT2D eigenvalue weighted by atomic mass is 19.1. The van der Waals surface area contributed by atoms with Gasteiger partial charge in [-0.3, -0.25) is 19.4 Å². The Morgan fingerprint density at radius 3 is 2.80 bits per heavy atom. The Kier molecular flexibility index (Phi) is 7.76. The van der Waals surface area contributed by atoms with Gasteiger partial charge in [-0.1, -0.05) is 0 Å². The van der Waals surface area contributed by atoms with Gasteiger partial charge >= 0.3 is 6.09 Å². The Balaban J connectivity index is 1.21. The number of benzene rings is 1. The molecule has 2 aromatic rings. The molecule has 2 unspecified atom stereocenters. The molecule has 1 saturated heterocycles. The van der Waals surface area contributed by atoms with E-state index in [2.05, 4.69) is 25.9 Å². The predicted octanol–water partition coefficient (Wildman–Crippen LogP) is 1.07. The molecule has 5 rings (SSSR count). The highest BCUT2D eigenvalue weighted by Gasteiger charge is 2.42. The zero-order valence-electron chi connectivity index (χ0n) is 23.0. The maximum absolute atomic E-state index is 15.4. The Bertz CT molecular complexity index is 1390. The van der Waals surface area contributed by atoms with Crippen molar-refractivity contribution < 1.29 is 37.4 Å². The summed E-state index contributed by atoms with van der Waals surface area (Å²) in [5, 5.41) is 8.23. The van der Waals surface area contributed by atoms with E-state index in [1.165, 1.54) is 18.2 Å². The third kappa shape index (κ3) is 5.64. The van der Waals surface area contributed by atoms with Gasteiger partial charge < -0.3 is 30.2 Å².